The molecule has 2 heteroatoms. The molecule has 1 atom stereocenters. The topological polar surface area (TPSA) is 12.0 Å². The summed E-state index contributed by atoms with van der Waals surface area (Å²) in [6.45, 7) is 4.36. The third-order valence-electron chi connectivity index (χ3n) is 3.32. The second kappa shape index (κ2) is 6.17. The Bertz CT molecular complexity index is 484. The lowest BCUT2D eigenvalue weighted by molar-refractivity contribution is 0.602. The zero-order valence-corrected chi connectivity index (χ0v) is 12.2. The molecule has 0 fully saturated rings. The van der Waals surface area contributed by atoms with Crippen LogP contribution in [0.4, 0.5) is 0 Å². The first-order valence-electron chi connectivity index (χ1n) is 6.54. The predicted molar refractivity (Wildman–Crippen MR) is 80.4 cm³/mol. The molecule has 0 spiro atoms. The highest BCUT2D eigenvalue weighted by Crippen LogP contribution is 2.25. The lowest BCUT2D eigenvalue weighted by Gasteiger charge is -2.14. The van der Waals surface area contributed by atoms with Gasteiger partial charge in [-0.3, -0.25) is 0 Å². The van der Waals surface area contributed by atoms with Crippen LogP contribution < -0.4 is 5.32 Å². The Labute approximate surface area is 114 Å². The van der Waals surface area contributed by atoms with Crippen LogP contribution in [0, 0.1) is 6.92 Å². The first-order chi connectivity index (χ1) is 8.72. The maximum atomic E-state index is 3.42. The van der Waals surface area contributed by atoms with Gasteiger partial charge >= 0.3 is 0 Å². The number of rotatable bonds is 5. The molecule has 1 aromatic heterocycles. The van der Waals surface area contributed by atoms with E-state index in [1.807, 2.05) is 18.4 Å². The lowest BCUT2D eigenvalue weighted by atomic mass is 10.0. The van der Waals surface area contributed by atoms with Gasteiger partial charge in [0.1, 0.15) is 0 Å². The van der Waals surface area contributed by atoms with E-state index in [1.54, 1.807) is 0 Å². The number of likely N-dealkylation sites (N-methyl/N-ethyl adjacent to an activating group) is 1. The number of hydrogen-bond donors (Lipinski definition) is 1. The van der Waals surface area contributed by atoms with Crippen molar-refractivity contribution >= 4 is 11.3 Å². The largest absolute Gasteiger partial charge is 0.312 e. The van der Waals surface area contributed by atoms with Gasteiger partial charge in [-0.1, -0.05) is 31.2 Å². The van der Waals surface area contributed by atoms with Crippen LogP contribution in [0.15, 0.2) is 36.4 Å². The van der Waals surface area contributed by atoms with Gasteiger partial charge in [0, 0.05) is 15.8 Å². The third-order valence-corrected chi connectivity index (χ3v) is 4.44. The van der Waals surface area contributed by atoms with Crippen LogP contribution >= 0.6 is 11.3 Å². The van der Waals surface area contributed by atoms with Gasteiger partial charge in [0.15, 0.2) is 0 Å². The second-order valence-electron chi connectivity index (χ2n) is 4.66. The maximum Gasteiger partial charge on any atom is 0.0453 e. The van der Waals surface area contributed by atoms with Gasteiger partial charge < -0.3 is 5.32 Å². The molecular weight excluding hydrogens is 238 g/mol. The number of benzene rings is 1. The molecule has 0 amide bonds. The fourth-order valence-corrected chi connectivity index (χ4v) is 3.12. The minimum atomic E-state index is 0.427. The van der Waals surface area contributed by atoms with E-state index in [0.717, 1.165) is 12.8 Å². The standard InChI is InChI=1S/C16H21NS/c1-4-13-6-8-14(9-7-13)11-15(17-3)16-10-5-12(2)18-16/h5-10,15,17H,4,11H2,1-3H3. The third kappa shape index (κ3) is 3.21. The van der Waals surface area contributed by atoms with E-state index in [4.69, 9.17) is 0 Å². The molecule has 1 unspecified atom stereocenters. The van der Waals surface area contributed by atoms with Gasteiger partial charge in [0.25, 0.3) is 0 Å². The fourth-order valence-electron chi connectivity index (χ4n) is 2.13. The minimum absolute atomic E-state index is 0.427. The quantitative estimate of drug-likeness (QED) is 0.851. The Hall–Kier alpha value is -1.12. The molecule has 1 N–H and O–H groups in total. The van der Waals surface area contributed by atoms with Crippen LogP contribution in [0.1, 0.15) is 33.8 Å². The number of aryl methyl sites for hydroxylation is 2. The average Bonchev–Trinajstić information content (AvgIpc) is 2.83. The van der Waals surface area contributed by atoms with Crippen molar-refractivity contribution in [2.24, 2.45) is 0 Å². The van der Waals surface area contributed by atoms with Gasteiger partial charge in [0.05, 0.1) is 0 Å². The summed E-state index contributed by atoms with van der Waals surface area (Å²) in [6, 6.07) is 13.8. The molecule has 0 saturated heterocycles. The normalized spacial score (nSPS) is 12.6. The Balaban J connectivity index is 2.10. The molecule has 1 aromatic carbocycles. The van der Waals surface area contributed by atoms with Crippen molar-refractivity contribution in [1.29, 1.82) is 0 Å². The number of nitrogens with one attached hydrogen (secondary N) is 1. The van der Waals surface area contributed by atoms with E-state index in [1.165, 1.54) is 20.9 Å². The van der Waals surface area contributed by atoms with Crippen molar-refractivity contribution in [2.75, 3.05) is 7.05 Å². The van der Waals surface area contributed by atoms with Crippen LogP contribution in [0.25, 0.3) is 0 Å². The van der Waals surface area contributed by atoms with Crippen molar-refractivity contribution < 1.29 is 0 Å². The van der Waals surface area contributed by atoms with Gasteiger partial charge in [-0.05, 0) is 50.1 Å². The van der Waals surface area contributed by atoms with E-state index in [-0.39, 0.29) is 0 Å². The smallest absolute Gasteiger partial charge is 0.0453 e. The van der Waals surface area contributed by atoms with Crippen molar-refractivity contribution in [3.05, 3.63) is 57.3 Å². The Morgan fingerprint density at radius 2 is 1.72 bits per heavy atom. The second-order valence-corrected chi connectivity index (χ2v) is 5.98. The summed E-state index contributed by atoms with van der Waals surface area (Å²) >= 11 is 1.88. The van der Waals surface area contributed by atoms with E-state index < -0.39 is 0 Å². The van der Waals surface area contributed by atoms with Gasteiger partial charge in [-0.15, -0.1) is 11.3 Å². The summed E-state index contributed by atoms with van der Waals surface area (Å²) in [5.41, 5.74) is 2.81. The van der Waals surface area contributed by atoms with Crippen LogP contribution in [0.3, 0.4) is 0 Å². The van der Waals surface area contributed by atoms with E-state index in [2.05, 4.69) is 55.6 Å². The van der Waals surface area contributed by atoms with Crippen LogP contribution in [0.5, 0.6) is 0 Å². The molecule has 1 nitrogen and oxygen atoms in total. The van der Waals surface area contributed by atoms with Gasteiger partial charge in [-0.2, -0.15) is 0 Å². The Morgan fingerprint density at radius 3 is 2.22 bits per heavy atom. The molecule has 2 aromatic rings. The monoisotopic (exact) mass is 259 g/mol. The van der Waals surface area contributed by atoms with Crippen molar-refractivity contribution in [2.45, 2.75) is 32.7 Å². The van der Waals surface area contributed by atoms with E-state index >= 15 is 0 Å². The molecule has 0 aliphatic heterocycles. The van der Waals surface area contributed by atoms with Crippen molar-refractivity contribution in [3.8, 4) is 0 Å². The summed E-state index contributed by atoms with van der Waals surface area (Å²) in [5, 5.41) is 3.42. The lowest BCUT2D eigenvalue weighted by Crippen LogP contribution is -2.17. The molecule has 0 aliphatic rings. The van der Waals surface area contributed by atoms with Crippen molar-refractivity contribution in [1.82, 2.24) is 5.32 Å². The SMILES string of the molecule is CCc1ccc(CC(NC)c2ccc(C)s2)cc1. The molecule has 0 aliphatic carbocycles. The first-order valence-corrected chi connectivity index (χ1v) is 7.36. The van der Waals surface area contributed by atoms with Gasteiger partial charge in [-0.25, -0.2) is 0 Å². The maximum absolute atomic E-state index is 3.42. The summed E-state index contributed by atoms with van der Waals surface area (Å²) in [4.78, 5) is 2.81. The summed E-state index contributed by atoms with van der Waals surface area (Å²) in [7, 11) is 2.04. The molecule has 1 heterocycles. The molecule has 18 heavy (non-hydrogen) atoms. The first kappa shape index (κ1) is 13.3. The molecule has 0 radical (unpaired) electrons. The molecular formula is C16H21NS. The van der Waals surface area contributed by atoms with Gasteiger partial charge in [0.2, 0.25) is 0 Å². The molecule has 96 valence electrons. The highest BCUT2D eigenvalue weighted by molar-refractivity contribution is 7.12. The predicted octanol–water partition coefficient (Wildman–Crippen LogP) is 4.12. The van der Waals surface area contributed by atoms with Crippen LogP contribution in [0.2, 0.25) is 0 Å². The van der Waals surface area contributed by atoms with Crippen LogP contribution in [-0.4, -0.2) is 7.05 Å². The molecule has 0 saturated carbocycles. The average molecular weight is 259 g/mol. The number of thiophene rings is 1. The molecule has 0 bridgehead atoms. The highest BCUT2D eigenvalue weighted by atomic mass is 32.1. The summed E-state index contributed by atoms with van der Waals surface area (Å²) in [6.07, 6.45) is 2.17. The van der Waals surface area contributed by atoms with Crippen molar-refractivity contribution in [3.63, 3.8) is 0 Å². The molecule has 2 rings (SSSR count). The summed E-state index contributed by atoms with van der Waals surface area (Å²) < 4.78 is 0. The summed E-state index contributed by atoms with van der Waals surface area (Å²) in [5.74, 6) is 0. The Kier molecular flexibility index (Phi) is 4.56. The zero-order valence-electron chi connectivity index (χ0n) is 11.4. The van der Waals surface area contributed by atoms with E-state index in [9.17, 15) is 0 Å². The zero-order chi connectivity index (χ0) is 13.0. The fraction of sp³-hybridized carbons (Fsp3) is 0.375. The minimum Gasteiger partial charge on any atom is -0.312 e. The highest BCUT2D eigenvalue weighted by Gasteiger charge is 2.11. The van der Waals surface area contributed by atoms with E-state index in [0.29, 0.717) is 6.04 Å². The number of hydrogen-bond acceptors (Lipinski definition) is 2. The van der Waals surface area contributed by atoms with Crippen LogP contribution in [-0.2, 0) is 12.8 Å². The Morgan fingerprint density at radius 1 is 1.06 bits per heavy atom.